The molecule has 0 unspecified atom stereocenters. The maximum Gasteiger partial charge on any atom is 0.238 e. The maximum absolute atomic E-state index is 5.42. The van der Waals surface area contributed by atoms with E-state index in [-0.39, 0.29) is 0 Å². The number of aromatic nitrogens is 3. The van der Waals surface area contributed by atoms with Crippen LogP contribution in [0.3, 0.4) is 0 Å². The van der Waals surface area contributed by atoms with Crippen LogP contribution < -0.4 is 4.74 Å². The third-order valence-electron chi connectivity index (χ3n) is 1.62. The molecule has 0 N–H and O–H groups in total. The van der Waals surface area contributed by atoms with Crippen LogP contribution in [0.15, 0.2) is 36.8 Å². The molecular weight excluding hydrogens is 178 g/mol. The van der Waals surface area contributed by atoms with Gasteiger partial charge in [0.05, 0.1) is 6.20 Å². The summed E-state index contributed by atoms with van der Waals surface area (Å²) in [6, 6.07) is 5.41. The molecule has 0 aliphatic carbocycles. The minimum absolute atomic E-state index is 0.472. The van der Waals surface area contributed by atoms with Crippen LogP contribution in [-0.2, 0) is 0 Å². The van der Waals surface area contributed by atoms with Crippen LogP contribution in [-0.4, -0.2) is 15.2 Å². The van der Waals surface area contributed by atoms with Crippen LogP contribution in [0.25, 0.3) is 0 Å². The second kappa shape index (κ2) is 3.83. The summed E-state index contributed by atoms with van der Waals surface area (Å²) in [5, 5.41) is 7.51. The van der Waals surface area contributed by atoms with Gasteiger partial charge < -0.3 is 4.74 Å². The lowest BCUT2D eigenvalue weighted by atomic mass is 10.3. The van der Waals surface area contributed by atoms with Crippen LogP contribution in [0.5, 0.6) is 11.6 Å². The van der Waals surface area contributed by atoms with Crippen molar-refractivity contribution in [2.75, 3.05) is 0 Å². The predicted octanol–water partition coefficient (Wildman–Crippen LogP) is 1.97. The molecule has 4 nitrogen and oxygen atoms in total. The van der Waals surface area contributed by atoms with Crippen molar-refractivity contribution in [1.82, 2.24) is 15.2 Å². The molecule has 0 saturated heterocycles. The van der Waals surface area contributed by atoms with Gasteiger partial charge in [-0.25, -0.2) is 0 Å². The Hall–Kier alpha value is -1.97. The highest BCUT2D eigenvalue weighted by Crippen LogP contribution is 2.17. The summed E-state index contributed by atoms with van der Waals surface area (Å²) in [4.78, 5) is 4.01. The van der Waals surface area contributed by atoms with Gasteiger partial charge >= 0.3 is 0 Å². The van der Waals surface area contributed by atoms with Gasteiger partial charge in [-0.1, -0.05) is 0 Å². The molecule has 0 fully saturated rings. The number of hydrogen-bond acceptors (Lipinski definition) is 4. The van der Waals surface area contributed by atoms with Gasteiger partial charge in [-0.2, -0.15) is 5.10 Å². The Kier molecular flexibility index (Phi) is 2.36. The number of nitrogens with zero attached hydrogens (tertiary/aromatic N) is 3. The summed E-state index contributed by atoms with van der Waals surface area (Å²) in [7, 11) is 0. The van der Waals surface area contributed by atoms with Crippen LogP contribution in [0.2, 0.25) is 0 Å². The van der Waals surface area contributed by atoms with Crippen LogP contribution >= 0.6 is 0 Å². The Bertz CT molecular complexity index is 417. The third-order valence-corrected chi connectivity index (χ3v) is 1.62. The molecule has 0 aromatic carbocycles. The second-order valence-corrected chi connectivity index (χ2v) is 2.86. The molecule has 0 aliphatic rings. The smallest absolute Gasteiger partial charge is 0.238 e. The second-order valence-electron chi connectivity index (χ2n) is 2.86. The summed E-state index contributed by atoms with van der Waals surface area (Å²) in [5.41, 5.74) is 1.05. The van der Waals surface area contributed by atoms with Crippen molar-refractivity contribution in [1.29, 1.82) is 0 Å². The van der Waals surface area contributed by atoms with Crippen LogP contribution in [0.4, 0.5) is 0 Å². The van der Waals surface area contributed by atoms with Crippen molar-refractivity contribution in [3.05, 3.63) is 42.4 Å². The first-order chi connectivity index (χ1) is 6.84. The summed E-state index contributed by atoms with van der Waals surface area (Å²) in [5.74, 6) is 1.14. The molecule has 0 radical (unpaired) electrons. The molecule has 0 saturated carbocycles. The van der Waals surface area contributed by atoms with Crippen molar-refractivity contribution < 1.29 is 4.74 Å². The maximum atomic E-state index is 5.42. The van der Waals surface area contributed by atoms with Gasteiger partial charge in [-0.05, 0) is 24.6 Å². The molecule has 0 spiro atoms. The molecule has 2 aromatic rings. The standard InChI is InChI=1S/C10H9N3O/c1-8-5-9(7-11-6-8)14-10-3-2-4-12-13-10/h2-7H,1H3. The fourth-order valence-electron chi connectivity index (χ4n) is 1.05. The molecule has 70 valence electrons. The average molecular weight is 187 g/mol. The summed E-state index contributed by atoms with van der Waals surface area (Å²) >= 11 is 0. The van der Waals surface area contributed by atoms with E-state index < -0.39 is 0 Å². The van der Waals surface area contributed by atoms with Crippen LogP contribution in [0.1, 0.15) is 5.56 Å². The molecule has 0 amide bonds. The fraction of sp³-hybridized carbons (Fsp3) is 0.100. The van der Waals surface area contributed by atoms with Crippen molar-refractivity contribution >= 4 is 0 Å². The fourth-order valence-corrected chi connectivity index (χ4v) is 1.05. The van der Waals surface area contributed by atoms with Gasteiger partial charge in [0.2, 0.25) is 5.88 Å². The van der Waals surface area contributed by atoms with E-state index in [1.165, 1.54) is 0 Å². The normalized spacial score (nSPS) is 9.79. The zero-order chi connectivity index (χ0) is 9.80. The number of rotatable bonds is 2. The Morgan fingerprint density at radius 3 is 2.93 bits per heavy atom. The van der Waals surface area contributed by atoms with Gasteiger partial charge in [0, 0.05) is 18.5 Å². The Morgan fingerprint density at radius 1 is 1.29 bits per heavy atom. The van der Waals surface area contributed by atoms with E-state index in [0.717, 1.165) is 5.56 Å². The highest BCUT2D eigenvalue weighted by molar-refractivity contribution is 5.26. The molecule has 2 heterocycles. The van der Waals surface area contributed by atoms with Gasteiger partial charge in [-0.3, -0.25) is 4.98 Å². The van der Waals surface area contributed by atoms with Gasteiger partial charge in [0.1, 0.15) is 5.75 Å². The van der Waals surface area contributed by atoms with Crippen molar-refractivity contribution in [3.63, 3.8) is 0 Å². The molecular formula is C10H9N3O. The topological polar surface area (TPSA) is 47.9 Å². The van der Waals surface area contributed by atoms with E-state index in [9.17, 15) is 0 Å². The molecule has 0 bridgehead atoms. The molecule has 0 aliphatic heterocycles. The lowest BCUT2D eigenvalue weighted by Gasteiger charge is -2.02. The number of aryl methyl sites for hydroxylation is 1. The van der Waals surface area contributed by atoms with Gasteiger partial charge in [0.25, 0.3) is 0 Å². The zero-order valence-corrected chi connectivity index (χ0v) is 7.71. The zero-order valence-electron chi connectivity index (χ0n) is 7.71. The lowest BCUT2D eigenvalue weighted by Crippen LogP contribution is -1.90. The molecule has 2 aromatic heterocycles. The Morgan fingerprint density at radius 2 is 2.21 bits per heavy atom. The third kappa shape index (κ3) is 2.04. The Balaban J connectivity index is 2.19. The SMILES string of the molecule is Cc1cncc(Oc2cccnn2)c1. The summed E-state index contributed by atoms with van der Waals surface area (Å²) in [6.45, 7) is 1.95. The van der Waals surface area contributed by atoms with E-state index in [0.29, 0.717) is 11.6 Å². The van der Waals surface area contributed by atoms with E-state index in [1.807, 2.05) is 13.0 Å². The van der Waals surface area contributed by atoms with Gasteiger partial charge in [0.15, 0.2) is 0 Å². The Labute approximate surface area is 81.6 Å². The number of pyridine rings is 1. The molecule has 14 heavy (non-hydrogen) atoms. The number of ether oxygens (including phenoxy) is 1. The lowest BCUT2D eigenvalue weighted by molar-refractivity contribution is 0.453. The quantitative estimate of drug-likeness (QED) is 0.721. The van der Waals surface area contributed by atoms with E-state index in [2.05, 4.69) is 15.2 Å². The molecule has 4 heteroatoms. The first kappa shape index (κ1) is 8.62. The minimum Gasteiger partial charge on any atom is -0.436 e. The van der Waals surface area contributed by atoms with Crippen molar-refractivity contribution in [3.8, 4) is 11.6 Å². The monoisotopic (exact) mass is 187 g/mol. The van der Waals surface area contributed by atoms with Crippen molar-refractivity contribution in [2.24, 2.45) is 0 Å². The van der Waals surface area contributed by atoms with E-state index in [4.69, 9.17) is 4.74 Å². The highest BCUT2D eigenvalue weighted by Gasteiger charge is 1.97. The molecule has 0 atom stereocenters. The first-order valence-electron chi connectivity index (χ1n) is 4.22. The van der Waals surface area contributed by atoms with Gasteiger partial charge in [-0.15, -0.1) is 5.10 Å². The number of hydrogen-bond donors (Lipinski definition) is 0. The van der Waals surface area contributed by atoms with Crippen molar-refractivity contribution in [2.45, 2.75) is 6.92 Å². The average Bonchev–Trinajstić information content (AvgIpc) is 2.19. The summed E-state index contributed by atoms with van der Waals surface area (Å²) < 4.78 is 5.42. The highest BCUT2D eigenvalue weighted by atomic mass is 16.5. The largest absolute Gasteiger partial charge is 0.436 e. The van der Waals surface area contributed by atoms with E-state index in [1.54, 1.807) is 30.7 Å². The van der Waals surface area contributed by atoms with E-state index >= 15 is 0 Å². The summed E-state index contributed by atoms with van der Waals surface area (Å²) in [6.07, 6.45) is 5.01. The molecule has 2 rings (SSSR count). The minimum atomic E-state index is 0.472. The van der Waals surface area contributed by atoms with Crippen LogP contribution in [0, 0.1) is 6.92 Å². The first-order valence-corrected chi connectivity index (χ1v) is 4.22. The predicted molar refractivity (Wildman–Crippen MR) is 51.1 cm³/mol.